The molecule has 0 rings (SSSR count). The molecule has 4 heteroatoms. The highest BCUT2D eigenvalue weighted by molar-refractivity contribution is 7.67. The van der Waals surface area contributed by atoms with Crippen LogP contribution in [0.2, 0.25) is 0 Å². The zero-order valence-corrected chi connectivity index (χ0v) is 11.0. The summed E-state index contributed by atoms with van der Waals surface area (Å²) in [4.78, 5) is 0. The first kappa shape index (κ1) is 12.6. The lowest BCUT2D eigenvalue weighted by atomic mass is 9.96. The van der Waals surface area contributed by atoms with Crippen LogP contribution >= 0.6 is 33.2 Å². The molecule has 0 aromatic rings. The van der Waals surface area contributed by atoms with Crippen molar-refractivity contribution in [3.63, 3.8) is 0 Å². The Morgan fingerprint density at radius 1 is 1.25 bits per heavy atom. The van der Waals surface area contributed by atoms with Gasteiger partial charge in [-0.05, 0) is 18.4 Å². The topological polar surface area (TPSA) is 0 Å². The van der Waals surface area contributed by atoms with Crippen molar-refractivity contribution in [2.24, 2.45) is 5.41 Å². The molecule has 0 aromatic heterocycles. The predicted molar refractivity (Wildman–Crippen MR) is 60.0 cm³/mol. The van der Waals surface area contributed by atoms with E-state index < -0.39 is 6.00 Å². The van der Waals surface area contributed by atoms with Crippen LogP contribution in [-0.2, 0) is 0 Å². The zero-order valence-electron chi connectivity index (χ0n) is 7.71. The highest BCUT2D eigenvalue weighted by Crippen LogP contribution is 2.39. The summed E-state index contributed by atoms with van der Waals surface area (Å²) < 4.78 is 0. The molecule has 0 N–H and O–H groups in total. The van der Waals surface area contributed by atoms with Gasteiger partial charge >= 0.3 is 6.00 Å². The van der Waals surface area contributed by atoms with Crippen LogP contribution in [0.15, 0.2) is 17.0 Å². The molecule has 0 spiro atoms. The van der Waals surface area contributed by atoms with E-state index in [1.54, 1.807) is 6.08 Å². The van der Waals surface area contributed by atoms with E-state index in [-0.39, 0.29) is 5.41 Å². The molecule has 0 unspecified atom stereocenters. The molecular formula is C8H13Cl3Si. The summed E-state index contributed by atoms with van der Waals surface area (Å²) in [5.41, 5.74) is 2.91. The maximum atomic E-state index is 5.91. The highest BCUT2D eigenvalue weighted by Gasteiger charge is 2.38. The van der Waals surface area contributed by atoms with Crippen molar-refractivity contribution in [3.8, 4) is 0 Å². The van der Waals surface area contributed by atoms with Gasteiger partial charge in [0.2, 0.25) is 0 Å². The largest absolute Gasteiger partial charge is 0.377 e. The Balaban J connectivity index is 5.12. The average molecular weight is 244 g/mol. The summed E-state index contributed by atoms with van der Waals surface area (Å²) in [6.45, 7) is 7.94. The fourth-order valence-electron chi connectivity index (χ4n) is 0.868. The molecule has 0 nitrogen and oxygen atoms in total. The van der Waals surface area contributed by atoms with Crippen LogP contribution < -0.4 is 0 Å². The minimum Gasteiger partial charge on any atom is -0.126 e. The lowest BCUT2D eigenvalue weighted by Gasteiger charge is -2.24. The van der Waals surface area contributed by atoms with Gasteiger partial charge in [0, 0.05) is 5.20 Å². The molecule has 0 aromatic carbocycles. The molecule has 0 radical (unpaired) electrons. The molecule has 12 heavy (non-hydrogen) atoms. The fraction of sp³-hybridized carbons (Fsp3) is 0.625. The van der Waals surface area contributed by atoms with E-state index in [0.717, 1.165) is 5.20 Å². The van der Waals surface area contributed by atoms with Crippen LogP contribution in [0.3, 0.4) is 0 Å². The average Bonchev–Trinajstić information content (AvgIpc) is 1.77. The van der Waals surface area contributed by atoms with Gasteiger partial charge in [-0.3, -0.25) is 0 Å². The minimum atomic E-state index is -2.75. The van der Waals surface area contributed by atoms with Gasteiger partial charge in [-0.1, -0.05) is 20.8 Å². The van der Waals surface area contributed by atoms with E-state index in [1.165, 1.54) is 0 Å². The normalized spacial score (nSPS) is 12.2. The molecule has 0 heterocycles. The lowest BCUT2D eigenvalue weighted by Crippen LogP contribution is -2.25. The molecule has 0 bridgehead atoms. The van der Waals surface area contributed by atoms with Crippen LogP contribution in [-0.4, -0.2) is 6.00 Å². The number of halogens is 3. The first-order valence-electron chi connectivity index (χ1n) is 3.68. The maximum Gasteiger partial charge on any atom is 0.377 e. The van der Waals surface area contributed by atoms with Gasteiger partial charge in [0.25, 0.3) is 0 Å². The number of allylic oxidation sites excluding steroid dienone is 1. The second kappa shape index (κ2) is 4.21. The smallest absolute Gasteiger partial charge is 0.126 e. The van der Waals surface area contributed by atoms with Crippen molar-refractivity contribution < 1.29 is 0 Å². The van der Waals surface area contributed by atoms with Gasteiger partial charge < -0.3 is 0 Å². The first-order chi connectivity index (χ1) is 5.19. The predicted octanol–water partition coefficient (Wildman–Crippen LogP) is 4.33. The summed E-state index contributed by atoms with van der Waals surface area (Å²) in [6, 6.07) is -2.75. The van der Waals surface area contributed by atoms with Crippen LogP contribution in [0, 0.1) is 5.41 Å². The molecular weight excluding hydrogens is 231 g/mol. The molecule has 0 fully saturated rings. The van der Waals surface area contributed by atoms with Gasteiger partial charge in [-0.2, -0.15) is 0 Å². The molecule has 70 valence electrons. The Hall–Kier alpha value is 0.607. The first-order valence-corrected chi connectivity index (χ1v) is 8.72. The summed E-state index contributed by atoms with van der Waals surface area (Å²) in [7, 11) is 0. The summed E-state index contributed by atoms with van der Waals surface area (Å²) >= 11 is 17.7. The molecule has 0 aliphatic rings. The highest BCUT2D eigenvalue weighted by atomic mass is 35.8. The monoisotopic (exact) mass is 242 g/mol. The fourth-order valence-corrected chi connectivity index (χ4v) is 5.07. The standard InChI is InChI=1S/C8H13Cl3Si/c1-5-6-7(8(2,3)4)12(9,10)11/h5H,1-4H3. The van der Waals surface area contributed by atoms with Crippen molar-refractivity contribution in [2.75, 3.05) is 0 Å². The number of hydrogen-bond donors (Lipinski definition) is 0. The van der Waals surface area contributed by atoms with Gasteiger partial charge in [-0.25, -0.2) is 0 Å². The SMILES string of the molecule is CC=C=C(C(C)(C)C)[Si](Cl)(Cl)Cl. The van der Waals surface area contributed by atoms with Gasteiger partial charge in [0.15, 0.2) is 0 Å². The number of rotatable bonds is 1. The minimum absolute atomic E-state index is 0.107. The summed E-state index contributed by atoms with van der Waals surface area (Å²) in [5, 5.41) is 0.822. The Labute approximate surface area is 89.3 Å². The molecule has 0 aliphatic carbocycles. The van der Waals surface area contributed by atoms with E-state index in [0.29, 0.717) is 0 Å². The Kier molecular flexibility index (Phi) is 4.43. The van der Waals surface area contributed by atoms with Crippen molar-refractivity contribution >= 4 is 39.2 Å². The van der Waals surface area contributed by atoms with E-state index in [1.807, 2.05) is 27.7 Å². The Bertz CT molecular complexity index is 197. The third kappa shape index (κ3) is 4.02. The van der Waals surface area contributed by atoms with E-state index in [2.05, 4.69) is 5.73 Å². The molecule has 0 atom stereocenters. The molecule has 0 amide bonds. The van der Waals surface area contributed by atoms with Crippen LogP contribution in [0.25, 0.3) is 0 Å². The van der Waals surface area contributed by atoms with Crippen LogP contribution in [0.5, 0.6) is 0 Å². The third-order valence-corrected chi connectivity index (χ3v) is 4.48. The van der Waals surface area contributed by atoms with Gasteiger partial charge in [0.05, 0.1) is 0 Å². The van der Waals surface area contributed by atoms with Crippen molar-refractivity contribution in [1.29, 1.82) is 0 Å². The van der Waals surface area contributed by atoms with Crippen molar-refractivity contribution in [1.82, 2.24) is 0 Å². The van der Waals surface area contributed by atoms with Crippen LogP contribution in [0.4, 0.5) is 0 Å². The lowest BCUT2D eigenvalue weighted by molar-refractivity contribution is 0.529. The summed E-state index contributed by atoms with van der Waals surface area (Å²) in [6.07, 6.45) is 1.79. The van der Waals surface area contributed by atoms with Gasteiger partial charge in [-0.15, -0.1) is 39.0 Å². The second-order valence-electron chi connectivity index (χ2n) is 3.56. The van der Waals surface area contributed by atoms with E-state index in [4.69, 9.17) is 33.2 Å². The second-order valence-corrected chi connectivity index (χ2v) is 11.9. The van der Waals surface area contributed by atoms with Crippen molar-refractivity contribution in [2.45, 2.75) is 27.7 Å². The van der Waals surface area contributed by atoms with E-state index in [9.17, 15) is 0 Å². The number of hydrogen-bond acceptors (Lipinski definition) is 0. The van der Waals surface area contributed by atoms with Crippen LogP contribution in [0.1, 0.15) is 27.7 Å². The Morgan fingerprint density at radius 2 is 1.67 bits per heavy atom. The molecule has 0 aliphatic heterocycles. The van der Waals surface area contributed by atoms with Crippen molar-refractivity contribution in [3.05, 3.63) is 17.0 Å². The third-order valence-electron chi connectivity index (χ3n) is 1.32. The van der Waals surface area contributed by atoms with Gasteiger partial charge in [0.1, 0.15) is 0 Å². The zero-order chi connectivity index (χ0) is 9.99. The Morgan fingerprint density at radius 3 is 1.75 bits per heavy atom. The molecule has 0 saturated carbocycles. The van der Waals surface area contributed by atoms with E-state index >= 15 is 0 Å². The quantitative estimate of drug-likeness (QED) is 0.365. The summed E-state index contributed by atoms with van der Waals surface area (Å²) in [5.74, 6) is 0. The molecule has 0 saturated heterocycles. The maximum absolute atomic E-state index is 5.91.